The van der Waals surface area contributed by atoms with Crippen molar-refractivity contribution in [2.75, 3.05) is 0 Å². The molecule has 0 saturated heterocycles. The maximum absolute atomic E-state index is 12.3. The number of alkyl halides is 3. The molecule has 0 unspecified atom stereocenters. The van der Waals surface area contributed by atoms with Crippen molar-refractivity contribution >= 4 is 5.91 Å². The van der Waals surface area contributed by atoms with Gasteiger partial charge in [0.1, 0.15) is 11.3 Å². The first-order chi connectivity index (χ1) is 8.00. The first-order valence-corrected chi connectivity index (χ1v) is 5.14. The summed E-state index contributed by atoms with van der Waals surface area (Å²) in [6.45, 7) is 5.09. The minimum atomic E-state index is -4.64. The lowest BCUT2D eigenvalue weighted by Gasteiger charge is -2.20. The monoisotopic (exact) mass is 262 g/mol. The Labute approximate surface area is 101 Å². The van der Waals surface area contributed by atoms with Gasteiger partial charge in [-0.15, -0.1) is 0 Å². The van der Waals surface area contributed by atoms with Crippen LogP contribution in [0.5, 0.6) is 0 Å². The fourth-order valence-electron chi connectivity index (χ4n) is 1.23. The summed E-state index contributed by atoms with van der Waals surface area (Å²) in [4.78, 5) is 24.7. The van der Waals surface area contributed by atoms with Crippen LogP contribution in [0, 0.1) is 0 Å². The van der Waals surface area contributed by atoms with E-state index in [9.17, 15) is 22.8 Å². The first-order valence-electron chi connectivity index (χ1n) is 5.14. The molecule has 0 radical (unpaired) electrons. The van der Waals surface area contributed by atoms with Crippen LogP contribution in [0.2, 0.25) is 0 Å². The van der Waals surface area contributed by atoms with E-state index < -0.39 is 28.9 Å². The average Bonchev–Trinajstić information content (AvgIpc) is 2.12. The molecule has 0 spiro atoms. The van der Waals surface area contributed by atoms with E-state index >= 15 is 0 Å². The molecule has 1 aromatic heterocycles. The van der Waals surface area contributed by atoms with Gasteiger partial charge in [-0.3, -0.25) is 9.59 Å². The normalized spacial score (nSPS) is 12.3. The van der Waals surface area contributed by atoms with Crippen molar-refractivity contribution in [2.24, 2.45) is 0 Å². The zero-order valence-electron chi connectivity index (χ0n) is 10.1. The lowest BCUT2D eigenvalue weighted by Crippen LogP contribution is -2.42. The molecule has 0 saturated carbocycles. The molecule has 4 nitrogen and oxygen atoms in total. The molecule has 1 rings (SSSR count). The largest absolute Gasteiger partial charge is 0.431 e. The summed E-state index contributed by atoms with van der Waals surface area (Å²) in [6, 6.07) is 1.53. The number of hydrogen-bond acceptors (Lipinski definition) is 2. The number of pyridine rings is 1. The van der Waals surface area contributed by atoms with Crippen molar-refractivity contribution in [3.8, 4) is 0 Å². The molecule has 7 heteroatoms. The SMILES string of the molecule is CC(C)(C)NC(=O)c1ccc(C(F)(F)F)[nH]c1=O. The second kappa shape index (κ2) is 4.47. The molecule has 0 atom stereocenters. The summed E-state index contributed by atoms with van der Waals surface area (Å²) >= 11 is 0. The summed E-state index contributed by atoms with van der Waals surface area (Å²) in [5, 5.41) is 2.49. The number of aromatic amines is 1. The van der Waals surface area contributed by atoms with E-state index in [1.165, 1.54) is 0 Å². The summed E-state index contributed by atoms with van der Waals surface area (Å²) in [7, 11) is 0. The molecule has 1 aromatic rings. The van der Waals surface area contributed by atoms with E-state index in [0.29, 0.717) is 6.07 Å². The maximum atomic E-state index is 12.3. The smallest absolute Gasteiger partial charge is 0.347 e. The standard InChI is InChI=1S/C11H13F3N2O2/c1-10(2,3)16-9(18)6-4-5-7(11(12,13)14)15-8(6)17/h4-5H,1-3H3,(H,15,17)(H,16,18). The van der Waals surface area contributed by atoms with Crippen molar-refractivity contribution in [2.45, 2.75) is 32.5 Å². The minimum Gasteiger partial charge on any atom is -0.347 e. The quantitative estimate of drug-likeness (QED) is 0.812. The zero-order chi connectivity index (χ0) is 14.1. The Morgan fingerprint density at radius 1 is 1.22 bits per heavy atom. The van der Waals surface area contributed by atoms with Crippen LogP contribution in [0.3, 0.4) is 0 Å². The second-order valence-corrected chi connectivity index (χ2v) is 4.82. The van der Waals surface area contributed by atoms with E-state index in [2.05, 4.69) is 5.32 Å². The third-order valence-corrected chi connectivity index (χ3v) is 1.95. The number of aromatic nitrogens is 1. The van der Waals surface area contributed by atoms with Gasteiger partial charge in [0.15, 0.2) is 0 Å². The molecular formula is C11H13F3N2O2. The molecule has 1 amide bonds. The van der Waals surface area contributed by atoms with Crippen molar-refractivity contribution in [1.82, 2.24) is 10.3 Å². The molecule has 100 valence electrons. The molecule has 0 fully saturated rings. The van der Waals surface area contributed by atoms with Crippen molar-refractivity contribution < 1.29 is 18.0 Å². The van der Waals surface area contributed by atoms with Gasteiger partial charge in [-0.05, 0) is 32.9 Å². The van der Waals surface area contributed by atoms with Crippen LogP contribution >= 0.6 is 0 Å². The number of hydrogen-bond donors (Lipinski definition) is 2. The summed E-state index contributed by atoms with van der Waals surface area (Å²) < 4.78 is 36.9. The molecule has 0 aliphatic heterocycles. The number of amides is 1. The second-order valence-electron chi connectivity index (χ2n) is 4.82. The summed E-state index contributed by atoms with van der Waals surface area (Å²) in [6.07, 6.45) is -4.64. The fourth-order valence-corrected chi connectivity index (χ4v) is 1.23. The van der Waals surface area contributed by atoms with Crippen LogP contribution in [0.4, 0.5) is 13.2 Å². The van der Waals surface area contributed by atoms with Gasteiger partial charge in [0.05, 0.1) is 0 Å². The highest BCUT2D eigenvalue weighted by atomic mass is 19.4. The fraction of sp³-hybridized carbons (Fsp3) is 0.455. The number of H-pyrrole nitrogens is 1. The lowest BCUT2D eigenvalue weighted by atomic mass is 10.1. The van der Waals surface area contributed by atoms with Gasteiger partial charge >= 0.3 is 6.18 Å². The van der Waals surface area contributed by atoms with Crippen molar-refractivity contribution in [3.05, 3.63) is 33.7 Å². The maximum Gasteiger partial charge on any atom is 0.431 e. The highest BCUT2D eigenvalue weighted by Crippen LogP contribution is 2.26. The van der Waals surface area contributed by atoms with Crippen LogP contribution < -0.4 is 10.9 Å². The highest BCUT2D eigenvalue weighted by Gasteiger charge is 2.32. The molecule has 0 aliphatic rings. The van der Waals surface area contributed by atoms with Gasteiger partial charge in [0, 0.05) is 5.54 Å². The summed E-state index contributed by atoms with van der Waals surface area (Å²) in [5.41, 5.74) is -3.17. The van der Waals surface area contributed by atoms with Gasteiger partial charge in [0.25, 0.3) is 11.5 Å². The van der Waals surface area contributed by atoms with Crippen molar-refractivity contribution in [1.29, 1.82) is 0 Å². The van der Waals surface area contributed by atoms with Crippen LogP contribution in [0.25, 0.3) is 0 Å². The Morgan fingerprint density at radius 2 is 1.78 bits per heavy atom. The van der Waals surface area contributed by atoms with E-state index in [0.717, 1.165) is 6.07 Å². The van der Waals surface area contributed by atoms with Crippen LogP contribution in [0.1, 0.15) is 36.8 Å². The van der Waals surface area contributed by atoms with E-state index in [4.69, 9.17) is 0 Å². The van der Waals surface area contributed by atoms with Gasteiger partial charge in [0.2, 0.25) is 0 Å². The Morgan fingerprint density at radius 3 is 2.17 bits per heavy atom. The third kappa shape index (κ3) is 3.61. The molecule has 1 heterocycles. The van der Waals surface area contributed by atoms with Gasteiger partial charge < -0.3 is 10.3 Å². The van der Waals surface area contributed by atoms with Gasteiger partial charge in [-0.1, -0.05) is 0 Å². The number of carbonyl (C=O) groups excluding carboxylic acids is 1. The molecule has 2 N–H and O–H groups in total. The molecule has 0 aromatic carbocycles. The van der Waals surface area contributed by atoms with Crippen LogP contribution in [0.15, 0.2) is 16.9 Å². The zero-order valence-corrected chi connectivity index (χ0v) is 10.1. The lowest BCUT2D eigenvalue weighted by molar-refractivity contribution is -0.141. The van der Waals surface area contributed by atoms with Crippen molar-refractivity contribution in [3.63, 3.8) is 0 Å². The number of nitrogens with one attached hydrogen (secondary N) is 2. The number of halogens is 3. The Kier molecular flexibility index (Phi) is 3.54. The molecular weight excluding hydrogens is 249 g/mol. The topological polar surface area (TPSA) is 62.0 Å². The van der Waals surface area contributed by atoms with E-state index in [1.807, 2.05) is 0 Å². The first kappa shape index (κ1) is 14.3. The van der Waals surface area contributed by atoms with Gasteiger partial charge in [-0.2, -0.15) is 13.2 Å². The number of rotatable bonds is 1. The third-order valence-electron chi connectivity index (χ3n) is 1.95. The van der Waals surface area contributed by atoms with Crippen LogP contribution in [-0.2, 0) is 6.18 Å². The van der Waals surface area contributed by atoms with E-state index in [1.54, 1.807) is 25.8 Å². The summed E-state index contributed by atoms with van der Waals surface area (Å²) in [5.74, 6) is -0.711. The van der Waals surface area contributed by atoms with Crippen LogP contribution in [-0.4, -0.2) is 16.4 Å². The predicted molar refractivity (Wildman–Crippen MR) is 59.3 cm³/mol. The molecule has 0 aliphatic carbocycles. The Bertz CT molecular complexity index is 512. The van der Waals surface area contributed by atoms with Gasteiger partial charge in [-0.25, -0.2) is 0 Å². The number of carbonyl (C=O) groups is 1. The average molecular weight is 262 g/mol. The van der Waals surface area contributed by atoms with E-state index in [-0.39, 0.29) is 5.56 Å². The Balaban J connectivity index is 3.08. The molecule has 0 bridgehead atoms. The minimum absolute atomic E-state index is 0.349. The highest BCUT2D eigenvalue weighted by molar-refractivity contribution is 5.94. The Hall–Kier alpha value is -1.79. The molecule has 18 heavy (non-hydrogen) atoms. The predicted octanol–water partition coefficient (Wildman–Crippen LogP) is 1.92.